The molecule has 1 amide bonds. The van der Waals surface area contributed by atoms with Crippen LogP contribution in [0, 0.1) is 11.5 Å². The number of amides is 1. The molecule has 0 saturated heterocycles. The van der Waals surface area contributed by atoms with Crippen LogP contribution in [0.25, 0.3) is 16.9 Å². The van der Waals surface area contributed by atoms with Gasteiger partial charge in [-0.05, 0) is 69.5 Å². The fraction of sp³-hybridized carbons (Fsp3) is 0.300. The van der Waals surface area contributed by atoms with Crippen molar-refractivity contribution in [1.82, 2.24) is 14.3 Å². The van der Waals surface area contributed by atoms with E-state index in [0.29, 0.717) is 23.4 Å². The van der Waals surface area contributed by atoms with Crippen LogP contribution in [0.4, 0.5) is 0 Å². The minimum absolute atomic E-state index is 0.0156. The second-order valence-corrected chi connectivity index (χ2v) is 9.53. The van der Waals surface area contributed by atoms with Gasteiger partial charge in [0.15, 0.2) is 6.19 Å². The van der Waals surface area contributed by atoms with Crippen molar-refractivity contribution in [3.8, 4) is 23.2 Å². The van der Waals surface area contributed by atoms with Crippen molar-refractivity contribution in [1.29, 1.82) is 5.26 Å². The molecule has 2 N–H and O–H groups in total. The van der Waals surface area contributed by atoms with Crippen molar-refractivity contribution >= 4 is 11.6 Å². The third kappa shape index (κ3) is 6.02. The predicted octanol–water partition coefficient (Wildman–Crippen LogP) is 4.76. The van der Waals surface area contributed by atoms with Crippen LogP contribution >= 0.6 is 0 Å². The van der Waals surface area contributed by atoms with E-state index in [1.807, 2.05) is 73.2 Å². The van der Waals surface area contributed by atoms with E-state index in [0.717, 1.165) is 27.3 Å². The number of carbonyl (C=O) groups is 1. The first-order chi connectivity index (χ1) is 18.3. The molecule has 4 aromatic rings. The van der Waals surface area contributed by atoms with E-state index in [9.17, 15) is 20.3 Å². The van der Waals surface area contributed by atoms with Crippen LogP contribution in [0.1, 0.15) is 54.8 Å². The maximum absolute atomic E-state index is 13.2. The lowest BCUT2D eigenvalue weighted by Gasteiger charge is -2.25. The molecule has 0 unspecified atom stereocenters. The van der Waals surface area contributed by atoms with E-state index < -0.39 is 18.1 Å². The summed E-state index contributed by atoms with van der Waals surface area (Å²) in [6.07, 6.45) is 5.90. The smallest absolute Gasteiger partial charge is 0.267 e. The number of nitrogens with zero attached hydrogens (tertiary/aromatic N) is 4. The number of imidazole rings is 1. The Labute approximate surface area is 222 Å². The van der Waals surface area contributed by atoms with Gasteiger partial charge in [0, 0.05) is 35.7 Å². The molecule has 0 aliphatic rings. The first-order valence-corrected chi connectivity index (χ1v) is 12.7. The lowest BCUT2D eigenvalue weighted by atomic mass is 10.00. The van der Waals surface area contributed by atoms with E-state index in [1.165, 1.54) is 0 Å². The average Bonchev–Trinajstić information content (AvgIpc) is 3.34. The monoisotopic (exact) mass is 512 g/mol. The fourth-order valence-electron chi connectivity index (χ4n) is 4.44. The molecule has 2 atom stereocenters. The number of carbonyl (C=O) groups excluding carboxylic acids is 1. The second-order valence-electron chi connectivity index (χ2n) is 9.53. The molecule has 0 aliphatic carbocycles. The van der Waals surface area contributed by atoms with Gasteiger partial charge >= 0.3 is 0 Å². The molecule has 0 spiro atoms. The van der Waals surface area contributed by atoms with Crippen molar-refractivity contribution in [2.45, 2.75) is 51.9 Å². The normalized spacial score (nSPS) is 12.8. The summed E-state index contributed by atoms with van der Waals surface area (Å²) < 4.78 is 7.53. The molecule has 8 heteroatoms. The van der Waals surface area contributed by atoms with Gasteiger partial charge < -0.3 is 19.4 Å². The zero-order valence-electron chi connectivity index (χ0n) is 21.8. The summed E-state index contributed by atoms with van der Waals surface area (Å²) >= 11 is 0. The fourth-order valence-corrected chi connectivity index (χ4v) is 4.44. The van der Waals surface area contributed by atoms with Gasteiger partial charge in [0.25, 0.3) is 5.91 Å². The molecule has 38 heavy (non-hydrogen) atoms. The number of aliphatic hydroxyl groups is 2. The maximum atomic E-state index is 13.2. The van der Waals surface area contributed by atoms with Crippen LogP contribution in [0.5, 0.6) is 5.75 Å². The third-order valence-corrected chi connectivity index (χ3v) is 6.31. The highest BCUT2D eigenvalue weighted by atomic mass is 16.5. The SMILES string of the molecule is CC(C)Oc1ccc(C(=O)N(C#N)[C@H](CCO)Cc2ccc(-c3cn4cccc([C@@H](C)O)c4n3)cc2)cc1. The number of pyridine rings is 1. The summed E-state index contributed by atoms with van der Waals surface area (Å²) in [5.74, 6) is 0.233. The molecule has 0 aliphatic heterocycles. The van der Waals surface area contributed by atoms with Gasteiger partial charge in [-0.1, -0.05) is 30.3 Å². The maximum Gasteiger partial charge on any atom is 0.267 e. The summed E-state index contributed by atoms with van der Waals surface area (Å²) in [7, 11) is 0. The van der Waals surface area contributed by atoms with Gasteiger partial charge in [-0.2, -0.15) is 5.26 Å². The highest BCUT2D eigenvalue weighted by molar-refractivity contribution is 5.95. The average molecular weight is 513 g/mol. The quantitative estimate of drug-likeness (QED) is 0.234. The minimum atomic E-state index is -0.628. The number of hydrogen-bond donors (Lipinski definition) is 2. The Morgan fingerprint density at radius 2 is 1.82 bits per heavy atom. The molecule has 4 rings (SSSR count). The lowest BCUT2D eigenvalue weighted by Crippen LogP contribution is -2.38. The van der Waals surface area contributed by atoms with Crippen molar-refractivity contribution < 1.29 is 19.7 Å². The Hall–Kier alpha value is -4.19. The predicted molar refractivity (Wildman–Crippen MR) is 144 cm³/mol. The number of benzene rings is 2. The number of nitriles is 1. The van der Waals surface area contributed by atoms with Gasteiger partial charge in [-0.15, -0.1) is 0 Å². The Kier molecular flexibility index (Phi) is 8.41. The highest BCUT2D eigenvalue weighted by Crippen LogP contribution is 2.25. The van der Waals surface area contributed by atoms with E-state index >= 15 is 0 Å². The number of aliphatic hydroxyl groups excluding tert-OH is 2. The number of hydrogen-bond acceptors (Lipinski definition) is 6. The first-order valence-electron chi connectivity index (χ1n) is 12.7. The van der Waals surface area contributed by atoms with Crippen LogP contribution in [0.3, 0.4) is 0 Å². The molecular weight excluding hydrogens is 480 g/mol. The largest absolute Gasteiger partial charge is 0.491 e. The Balaban J connectivity index is 1.52. The zero-order valence-corrected chi connectivity index (χ0v) is 21.8. The van der Waals surface area contributed by atoms with Gasteiger partial charge in [0.05, 0.1) is 23.9 Å². The number of fused-ring (bicyclic) bond motifs is 1. The molecule has 196 valence electrons. The Morgan fingerprint density at radius 1 is 1.11 bits per heavy atom. The Bertz CT molecular complexity index is 1420. The van der Waals surface area contributed by atoms with E-state index in [1.54, 1.807) is 31.2 Å². The van der Waals surface area contributed by atoms with Crippen LogP contribution < -0.4 is 4.74 Å². The molecule has 2 heterocycles. The third-order valence-electron chi connectivity index (χ3n) is 6.31. The summed E-state index contributed by atoms with van der Waals surface area (Å²) in [6.45, 7) is 5.41. The number of rotatable bonds is 10. The zero-order chi connectivity index (χ0) is 27.2. The van der Waals surface area contributed by atoms with Crippen LogP contribution in [0.15, 0.2) is 73.1 Å². The molecule has 8 nitrogen and oxygen atoms in total. The van der Waals surface area contributed by atoms with Crippen LogP contribution in [0.2, 0.25) is 0 Å². The van der Waals surface area contributed by atoms with Crippen molar-refractivity contribution in [3.63, 3.8) is 0 Å². The van der Waals surface area contributed by atoms with Crippen LogP contribution in [-0.2, 0) is 6.42 Å². The highest BCUT2D eigenvalue weighted by Gasteiger charge is 2.25. The molecule has 0 fully saturated rings. The molecule has 2 aromatic carbocycles. The van der Waals surface area contributed by atoms with Gasteiger partial charge in [0.1, 0.15) is 11.4 Å². The van der Waals surface area contributed by atoms with Crippen molar-refractivity contribution in [2.24, 2.45) is 0 Å². The van der Waals surface area contributed by atoms with Gasteiger partial charge in [-0.25, -0.2) is 9.88 Å². The molecule has 0 bridgehead atoms. The molecule has 2 aromatic heterocycles. The summed E-state index contributed by atoms with van der Waals surface area (Å²) in [5.41, 5.74) is 4.45. The van der Waals surface area contributed by atoms with E-state index in [-0.39, 0.29) is 19.1 Å². The van der Waals surface area contributed by atoms with Crippen molar-refractivity contribution in [3.05, 3.63) is 89.7 Å². The lowest BCUT2D eigenvalue weighted by molar-refractivity contribution is 0.0761. The first kappa shape index (κ1) is 26.9. The number of ether oxygens (including phenoxy) is 1. The summed E-state index contributed by atoms with van der Waals surface area (Å²) in [5, 5.41) is 29.6. The topological polar surface area (TPSA) is 111 Å². The second kappa shape index (κ2) is 11.9. The van der Waals surface area contributed by atoms with Crippen molar-refractivity contribution in [2.75, 3.05) is 6.61 Å². The summed E-state index contributed by atoms with van der Waals surface area (Å²) in [6, 6.07) is 17.7. The molecule has 0 saturated carbocycles. The number of aromatic nitrogens is 2. The molecule has 0 radical (unpaired) electrons. The Morgan fingerprint density at radius 3 is 2.42 bits per heavy atom. The standard InChI is InChI=1S/C30H32N4O4/c1-20(2)38-26-12-10-24(11-13-26)30(37)34(19-31)25(14-16-35)17-22-6-8-23(9-7-22)28-18-33-15-4-5-27(21(3)36)29(33)32-28/h4-13,15,18,20-21,25,35-36H,14,16-17H2,1-3H3/t21-,25-/m1/s1. The van der Waals surface area contributed by atoms with E-state index in [4.69, 9.17) is 9.72 Å². The summed E-state index contributed by atoms with van der Waals surface area (Å²) in [4.78, 5) is 19.0. The van der Waals surface area contributed by atoms with Crippen LogP contribution in [-0.4, -0.2) is 49.2 Å². The minimum Gasteiger partial charge on any atom is -0.491 e. The molecular formula is C30H32N4O4. The van der Waals surface area contributed by atoms with Gasteiger partial charge in [0.2, 0.25) is 0 Å². The van der Waals surface area contributed by atoms with E-state index in [2.05, 4.69) is 0 Å². The van der Waals surface area contributed by atoms with Gasteiger partial charge in [-0.3, -0.25) is 4.79 Å².